The Labute approximate surface area is 194 Å². The Morgan fingerprint density at radius 3 is 2.75 bits per heavy atom. The molecule has 5 rings (SSSR count). The van der Waals surface area contributed by atoms with Gasteiger partial charge in [-0.15, -0.1) is 0 Å². The standard InChI is InChI=1S/C27H29N3OS/c31-26(29-19-23-6-3-4-14-28-23)24(22-10-18-32-20-22)9-15-30-16-12-27(13-17-30)11-8-21-5-1-2-7-25(21)27/h1-8,10-11,14,18,20,24H,9,12-13,15-17,19H2,(H,29,31). The van der Waals surface area contributed by atoms with Gasteiger partial charge in [0.15, 0.2) is 0 Å². The fraction of sp³-hybridized carbons (Fsp3) is 0.333. The average molecular weight is 444 g/mol. The van der Waals surface area contributed by atoms with Gasteiger partial charge in [-0.25, -0.2) is 0 Å². The van der Waals surface area contributed by atoms with Crippen molar-refractivity contribution in [3.05, 3.63) is 93.9 Å². The lowest BCUT2D eigenvalue weighted by Crippen LogP contribution is -2.42. The van der Waals surface area contributed by atoms with Gasteiger partial charge in [0.25, 0.3) is 0 Å². The third-order valence-corrected chi connectivity index (χ3v) is 7.69. The highest BCUT2D eigenvalue weighted by molar-refractivity contribution is 7.08. The number of hydrogen-bond donors (Lipinski definition) is 1. The van der Waals surface area contributed by atoms with Gasteiger partial charge in [-0.2, -0.15) is 11.3 Å². The Balaban J connectivity index is 1.19. The van der Waals surface area contributed by atoms with Crippen LogP contribution in [-0.2, 0) is 16.8 Å². The van der Waals surface area contributed by atoms with Crippen LogP contribution in [-0.4, -0.2) is 35.4 Å². The van der Waals surface area contributed by atoms with E-state index in [-0.39, 0.29) is 17.2 Å². The number of allylic oxidation sites excluding steroid dienone is 1. The number of thiophene rings is 1. The van der Waals surface area contributed by atoms with Gasteiger partial charge in [-0.3, -0.25) is 9.78 Å². The van der Waals surface area contributed by atoms with Gasteiger partial charge in [0.2, 0.25) is 5.91 Å². The number of carbonyl (C=O) groups is 1. The van der Waals surface area contributed by atoms with Crippen LogP contribution < -0.4 is 5.32 Å². The molecule has 1 amide bonds. The smallest absolute Gasteiger partial charge is 0.227 e. The lowest BCUT2D eigenvalue weighted by molar-refractivity contribution is -0.123. The fourth-order valence-corrected chi connectivity index (χ4v) is 5.80. The number of rotatable bonds is 7. The molecule has 3 aromatic rings. The van der Waals surface area contributed by atoms with Gasteiger partial charge in [0.05, 0.1) is 18.2 Å². The molecule has 1 aromatic carbocycles. The number of carbonyl (C=O) groups excluding carboxylic acids is 1. The first-order valence-electron chi connectivity index (χ1n) is 11.4. The minimum absolute atomic E-state index is 0.0928. The Morgan fingerprint density at radius 1 is 1.12 bits per heavy atom. The summed E-state index contributed by atoms with van der Waals surface area (Å²) in [4.78, 5) is 19.9. The second-order valence-corrected chi connectivity index (χ2v) is 9.64. The first kappa shape index (κ1) is 21.1. The highest BCUT2D eigenvalue weighted by atomic mass is 32.1. The summed E-state index contributed by atoms with van der Waals surface area (Å²) in [6.07, 6.45) is 9.62. The summed E-state index contributed by atoms with van der Waals surface area (Å²) >= 11 is 1.65. The number of piperidine rings is 1. The zero-order valence-electron chi connectivity index (χ0n) is 18.2. The predicted octanol–water partition coefficient (Wildman–Crippen LogP) is 4.99. The van der Waals surface area contributed by atoms with Gasteiger partial charge in [0.1, 0.15) is 0 Å². The number of fused-ring (bicyclic) bond motifs is 2. The van der Waals surface area contributed by atoms with Crippen molar-refractivity contribution in [3.8, 4) is 0 Å². The molecule has 5 heteroatoms. The number of hydrogen-bond acceptors (Lipinski definition) is 4. The minimum atomic E-state index is -0.118. The Hall–Kier alpha value is -2.76. The molecule has 0 saturated carbocycles. The van der Waals surface area contributed by atoms with E-state index < -0.39 is 0 Å². The maximum Gasteiger partial charge on any atom is 0.227 e. The molecule has 1 spiro atoms. The molecular weight excluding hydrogens is 414 g/mol. The molecule has 1 unspecified atom stereocenters. The largest absolute Gasteiger partial charge is 0.350 e. The molecule has 2 aliphatic rings. The molecule has 1 fully saturated rings. The van der Waals surface area contributed by atoms with E-state index in [0.717, 1.165) is 50.2 Å². The summed E-state index contributed by atoms with van der Waals surface area (Å²) in [6.45, 7) is 3.56. The van der Waals surface area contributed by atoms with E-state index in [2.05, 4.69) is 68.4 Å². The highest BCUT2D eigenvalue weighted by Crippen LogP contribution is 2.43. The van der Waals surface area contributed by atoms with Gasteiger partial charge >= 0.3 is 0 Å². The van der Waals surface area contributed by atoms with E-state index in [0.29, 0.717) is 6.54 Å². The Kier molecular flexibility index (Phi) is 6.19. The molecule has 1 aliphatic carbocycles. The quantitative estimate of drug-likeness (QED) is 0.559. The SMILES string of the molecule is O=C(NCc1ccccn1)C(CCN1CCC2(C=Cc3ccccc32)CC1)c1ccsc1. The van der Waals surface area contributed by atoms with Crippen molar-refractivity contribution in [2.75, 3.05) is 19.6 Å². The van der Waals surface area contributed by atoms with Crippen LogP contribution in [0.15, 0.2) is 71.6 Å². The Morgan fingerprint density at radius 2 is 1.97 bits per heavy atom. The number of nitrogens with zero attached hydrogens (tertiary/aromatic N) is 2. The highest BCUT2D eigenvalue weighted by Gasteiger charge is 2.37. The van der Waals surface area contributed by atoms with Crippen LogP contribution in [0.1, 0.15) is 47.6 Å². The van der Waals surface area contributed by atoms with Gasteiger partial charge in [-0.1, -0.05) is 42.5 Å². The minimum Gasteiger partial charge on any atom is -0.350 e. The molecule has 1 aliphatic heterocycles. The molecule has 4 nitrogen and oxygen atoms in total. The lowest BCUT2D eigenvalue weighted by atomic mass is 9.74. The molecular formula is C27H29N3OS. The number of benzene rings is 1. The van der Waals surface area contributed by atoms with Crippen molar-refractivity contribution in [2.24, 2.45) is 0 Å². The van der Waals surface area contributed by atoms with Crippen LogP contribution in [0.25, 0.3) is 6.08 Å². The van der Waals surface area contributed by atoms with E-state index in [1.807, 2.05) is 18.2 Å². The second kappa shape index (κ2) is 9.39. The zero-order chi connectivity index (χ0) is 21.8. The van der Waals surface area contributed by atoms with Crippen LogP contribution in [0.2, 0.25) is 0 Å². The summed E-state index contributed by atoms with van der Waals surface area (Å²) in [6, 6.07) is 16.7. The van der Waals surface area contributed by atoms with Crippen molar-refractivity contribution >= 4 is 23.3 Å². The zero-order valence-corrected chi connectivity index (χ0v) is 19.1. The summed E-state index contributed by atoms with van der Waals surface area (Å²) in [5.74, 6) is -0.0249. The van der Waals surface area contributed by atoms with Crippen molar-refractivity contribution in [1.82, 2.24) is 15.2 Å². The molecule has 32 heavy (non-hydrogen) atoms. The van der Waals surface area contributed by atoms with Crippen LogP contribution in [0.3, 0.4) is 0 Å². The van der Waals surface area contributed by atoms with Crippen LogP contribution in [0, 0.1) is 0 Å². The average Bonchev–Trinajstić information content (AvgIpc) is 3.49. The molecule has 0 radical (unpaired) electrons. The van der Waals surface area contributed by atoms with E-state index >= 15 is 0 Å². The maximum atomic E-state index is 13.1. The van der Waals surface area contributed by atoms with Crippen LogP contribution in [0.4, 0.5) is 0 Å². The molecule has 1 saturated heterocycles. The van der Waals surface area contributed by atoms with E-state index in [1.165, 1.54) is 11.1 Å². The normalized spacial score (nSPS) is 17.9. The summed E-state index contributed by atoms with van der Waals surface area (Å²) in [5, 5.41) is 7.27. The summed E-state index contributed by atoms with van der Waals surface area (Å²) in [5.41, 5.74) is 5.08. The summed E-state index contributed by atoms with van der Waals surface area (Å²) < 4.78 is 0. The molecule has 3 heterocycles. The monoisotopic (exact) mass is 443 g/mol. The number of likely N-dealkylation sites (tertiary alicyclic amines) is 1. The van der Waals surface area contributed by atoms with Crippen LogP contribution in [0.5, 0.6) is 0 Å². The third kappa shape index (κ3) is 4.41. The molecule has 0 bridgehead atoms. The fourth-order valence-electron chi connectivity index (χ4n) is 5.08. The van der Waals surface area contributed by atoms with E-state index in [1.54, 1.807) is 17.5 Å². The number of amides is 1. The van der Waals surface area contributed by atoms with Gasteiger partial charge in [-0.05, 0) is 84.5 Å². The number of nitrogens with one attached hydrogen (secondary N) is 1. The van der Waals surface area contributed by atoms with Gasteiger partial charge < -0.3 is 10.2 Å². The van der Waals surface area contributed by atoms with Crippen molar-refractivity contribution in [2.45, 2.75) is 37.1 Å². The second-order valence-electron chi connectivity index (χ2n) is 8.86. The molecule has 1 atom stereocenters. The summed E-state index contributed by atoms with van der Waals surface area (Å²) in [7, 11) is 0. The van der Waals surface area contributed by atoms with Gasteiger partial charge in [0, 0.05) is 11.6 Å². The lowest BCUT2D eigenvalue weighted by Gasteiger charge is -2.39. The van der Waals surface area contributed by atoms with Crippen molar-refractivity contribution in [1.29, 1.82) is 0 Å². The molecule has 2 aromatic heterocycles. The first-order chi connectivity index (χ1) is 15.7. The van der Waals surface area contributed by atoms with Crippen LogP contribution >= 0.6 is 11.3 Å². The third-order valence-electron chi connectivity index (χ3n) is 6.99. The number of pyridine rings is 1. The Bertz CT molecular complexity index is 1070. The van der Waals surface area contributed by atoms with E-state index in [9.17, 15) is 4.79 Å². The van der Waals surface area contributed by atoms with E-state index in [4.69, 9.17) is 0 Å². The molecule has 164 valence electrons. The maximum absolute atomic E-state index is 13.1. The predicted molar refractivity (Wildman–Crippen MR) is 131 cm³/mol. The topological polar surface area (TPSA) is 45.2 Å². The van der Waals surface area contributed by atoms with Crippen molar-refractivity contribution < 1.29 is 4.79 Å². The first-order valence-corrected chi connectivity index (χ1v) is 12.4. The molecule has 1 N–H and O–H groups in total. The number of aromatic nitrogens is 1. The van der Waals surface area contributed by atoms with Crippen molar-refractivity contribution in [3.63, 3.8) is 0 Å².